The summed E-state index contributed by atoms with van der Waals surface area (Å²) in [5, 5.41) is 28.5. The van der Waals surface area contributed by atoms with Gasteiger partial charge in [0.15, 0.2) is 0 Å². The van der Waals surface area contributed by atoms with Crippen molar-refractivity contribution in [2.45, 2.75) is 238 Å². The molecule has 0 heterocycles. The van der Waals surface area contributed by atoms with Gasteiger partial charge in [0.05, 0.1) is 10.8 Å². The first-order valence-electron chi connectivity index (χ1n) is 32.9. The van der Waals surface area contributed by atoms with Gasteiger partial charge in [-0.15, -0.1) is 0 Å². The number of hydrogen-bond acceptors (Lipinski definition) is 6. The molecule has 8 aliphatic rings. The zero-order valence-corrected chi connectivity index (χ0v) is 52.6. The summed E-state index contributed by atoms with van der Waals surface area (Å²) >= 11 is 4.32. The molecule has 0 amide bonds. The summed E-state index contributed by atoms with van der Waals surface area (Å²) in [6, 6.07) is 22.7. The van der Waals surface area contributed by atoms with Gasteiger partial charge in [0.2, 0.25) is 0 Å². The van der Waals surface area contributed by atoms with E-state index in [1.807, 2.05) is 0 Å². The van der Waals surface area contributed by atoms with Crippen molar-refractivity contribution in [3.63, 3.8) is 0 Å². The van der Waals surface area contributed by atoms with Crippen molar-refractivity contribution in [1.29, 1.82) is 0 Å². The predicted octanol–water partition coefficient (Wildman–Crippen LogP) is 17.1. The SMILES string of the molecule is CCCCCCC(CSCCCCCC(CCCCCSCC(CCCCCC)C1C2CC3CC(C2)CC1(C(=O)O)C3)NCCCCO[Si](c1ccccc1)(c1ccccc1)C(C)(C)C)C1C2CC3CC(C2)CC1(C(=O)O)C3. The fourth-order valence-electron chi connectivity index (χ4n) is 18.7. The maximum Gasteiger partial charge on any atom is 0.309 e. The van der Waals surface area contributed by atoms with Crippen LogP contribution in [0.2, 0.25) is 5.04 Å². The standard InChI is InChI=1S/C69H111NO5S2Si/c1-6-8-10-16-28-56(63-58-42-52-40-53(43-58)47-68(63,46-52)65(71)72)50-76-38-26-14-18-30-60(70-36-24-25-37-75-78(67(3,4)5,61-32-20-12-21-33-61)62-34-22-13-23-35-62)31-19-15-27-39-77-51-57(29-17-11-9-7-2)64-59-44-54-41-55(45-59)49-69(64,48-54)66(73)74/h12-13,20-23,32-35,52-60,63-64,70H,6-11,14-19,24-31,36-51H2,1-5H3,(H,71,72)(H,73,74). The Balaban J connectivity index is 0.820. The number of nitrogens with one attached hydrogen (secondary N) is 1. The largest absolute Gasteiger partial charge is 0.481 e. The predicted molar refractivity (Wildman–Crippen MR) is 335 cm³/mol. The van der Waals surface area contributed by atoms with Crippen LogP contribution in [0.5, 0.6) is 0 Å². The van der Waals surface area contributed by atoms with Crippen LogP contribution in [0.4, 0.5) is 0 Å². The van der Waals surface area contributed by atoms with Crippen LogP contribution in [0, 0.1) is 70.0 Å². The second-order valence-corrected chi connectivity index (χ2v) is 34.7. The molecule has 10 rings (SSSR count). The zero-order valence-electron chi connectivity index (χ0n) is 50.0. The fraction of sp³-hybridized carbons (Fsp3) is 0.797. The molecule has 2 aromatic rings. The molecule has 8 unspecified atom stereocenters. The Hall–Kier alpha value is -1.78. The number of aliphatic carboxylic acids is 2. The number of hydrogen-bond donors (Lipinski definition) is 3. The topological polar surface area (TPSA) is 95.9 Å². The molecule has 8 bridgehead atoms. The van der Waals surface area contributed by atoms with Crippen molar-refractivity contribution in [1.82, 2.24) is 5.32 Å². The lowest BCUT2D eigenvalue weighted by Gasteiger charge is -2.61. The van der Waals surface area contributed by atoms with E-state index >= 15 is 0 Å². The quantitative estimate of drug-likeness (QED) is 0.0450. The third-order valence-corrected chi connectivity index (χ3v) is 29.1. The van der Waals surface area contributed by atoms with E-state index in [1.54, 1.807) is 0 Å². The number of carboxylic acid groups (broad SMARTS) is 2. The first-order valence-corrected chi connectivity index (χ1v) is 37.2. The van der Waals surface area contributed by atoms with E-state index in [0.29, 0.717) is 65.2 Å². The lowest BCUT2D eigenvalue weighted by Crippen LogP contribution is -2.66. The first kappa shape index (κ1) is 62.3. The van der Waals surface area contributed by atoms with Crippen LogP contribution in [0.1, 0.15) is 227 Å². The Morgan fingerprint density at radius 2 is 0.974 bits per heavy atom. The Morgan fingerprint density at radius 3 is 1.37 bits per heavy atom. The van der Waals surface area contributed by atoms with Gasteiger partial charge in [-0.2, -0.15) is 23.5 Å². The fourth-order valence-corrected chi connectivity index (χ4v) is 25.9. The highest BCUT2D eigenvalue weighted by atomic mass is 32.2. The maximum atomic E-state index is 13.2. The summed E-state index contributed by atoms with van der Waals surface area (Å²) in [4.78, 5) is 26.4. The number of carbonyl (C=O) groups is 2. The molecule has 8 fully saturated rings. The second-order valence-electron chi connectivity index (χ2n) is 28.1. The van der Waals surface area contributed by atoms with Gasteiger partial charge in [0.1, 0.15) is 0 Å². The highest BCUT2D eigenvalue weighted by Crippen LogP contribution is 2.67. The van der Waals surface area contributed by atoms with Gasteiger partial charge in [-0.05, 0) is 220 Å². The van der Waals surface area contributed by atoms with E-state index in [2.05, 4.69) is 124 Å². The van der Waals surface area contributed by atoms with E-state index in [9.17, 15) is 19.8 Å². The second kappa shape index (κ2) is 30.2. The number of thioether (sulfide) groups is 2. The molecule has 6 nitrogen and oxygen atoms in total. The highest BCUT2D eigenvalue weighted by Gasteiger charge is 2.63. The van der Waals surface area contributed by atoms with Crippen LogP contribution in [-0.2, 0) is 14.0 Å². The van der Waals surface area contributed by atoms with Crippen molar-refractivity contribution in [2.75, 3.05) is 36.2 Å². The van der Waals surface area contributed by atoms with Crippen molar-refractivity contribution in [3.8, 4) is 0 Å². The molecule has 3 N–H and O–H groups in total. The van der Waals surface area contributed by atoms with Crippen LogP contribution < -0.4 is 15.7 Å². The lowest BCUT2D eigenvalue weighted by atomic mass is 9.43. The van der Waals surface area contributed by atoms with Crippen molar-refractivity contribution < 1.29 is 24.2 Å². The molecule has 438 valence electrons. The summed E-state index contributed by atoms with van der Waals surface area (Å²) in [5.74, 6) is 9.63. The summed E-state index contributed by atoms with van der Waals surface area (Å²) in [6.07, 6.45) is 36.5. The molecule has 78 heavy (non-hydrogen) atoms. The summed E-state index contributed by atoms with van der Waals surface area (Å²) in [7, 11) is -2.54. The molecule has 0 aromatic heterocycles. The van der Waals surface area contributed by atoms with Gasteiger partial charge < -0.3 is 20.0 Å². The molecule has 2 aromatic carbocycles. The minimum atomic E-state index is -2.54. The summed E-state index contributed by atoms with van der Waals surface area (Å²) < 4.78 is 7.29. The van der Waals surface area contributed by atoms with Crippen LogP contribution in [0.15, 0.2) is 60.7 Å². The molecular formula is C69H111NO5S2Si. The van der Waals surface area contributed by atoms with Crippen molar-refractivity contribution in [2.24, 2.45) is 70.0 Å². The number of carboxylic acids is 2. The van der Waals surface area contributed by atoms with Crippen LogP contribution in [0.25, 0.3) is 0 Å². The Kier molecular flexibility index (Phi) is 24.1. The van der Waals surface area contributed by atoms with Gasteiger partial charge in [-0.3, -0.25) is 9.59 Å². The van der Waals surface area contributed by atoms with Gasteiger partial charge in [-0.1, -0.05) is 172 Å². The van der Waals surface area contributed by atoms with Crippen LogP contribution in [0.3, 0.4) is 0 Å². The van der Waals surface area contributed by atoms with Crippen LogP contribution >= 0.6 is 23.5 Å². The average Bonchev–Trinajstić information content (AvgIpc) is 3.50. The minimum absolute atomic E-state index is 0.0161. The average molecular weight is 1130 g/mol. The third-order valence-electron chi connectivity index (χ3n) is 21.6. The van der Waals surface area contributed by atoms with E-state index in [1.165, 1.54) is 176 Å². The molecule has 8 atom stereocenters. The lowest BCUT2D eigenvalue weighted by molar-refractivity contribution is -0.183. The number of benzene rings is 2. The van der Waals surface area contributed by atoms with Gasteiger partial charge in [0, 0.05) is 12.6 Å². The number of rotatable bonds is 39. The van der Waals surface area contributed by atoms with E-state index < -0.39 is 31.1 Å². The monoisotopic (exact) mass is 1130 g/mol. The minimum Gasteiger partial charge on any atom is -0.481 e. The van der Waals surface area contributed by atoms with Gasteiger partial charge >= 0.3 is 11.9 Å². The Bertz CT molecular complexity index is 1920. The normalized spacial score (nSPS) is 29.2. The smallest absolute Gasteiger partial charge is 0.309 e. The molecule has 8 saturated carbocycles. The molecular weight excluding hydrogens is 1010 g/mol. The Morgan fingerprint density at radius 1 is 0.564 bits per heavy atom. The van der Waals surface area contributed by atoms with Crippen molar-refractivity contribution in [3.05, 3.63) is 60.7 Å². The zero-order chi connectivity index (χ0) is 55.0. The first-order chi connectivity index (χ1) is 37.8. The van der Waals surface area contributed by atoms with E-state index in [-0.39, 0.29) is 5.04 Å². The number of unbranched alkanes of at least 4 members (excludes halogenated alkanes) is 11. The van der Waals surface area contributed by atoms with E-state index in [4.69, 9.17) is 4.43 Å². The molecule has 0 spiro atoms. The van der Waals surface area contributed by atoms with Gasteiger partial charge in [0.25, 0.3) is 8.32 Å². The Labute approximate surface area is 486 Å². The molecule has 8 aliphatic carbocycles. The molecule has 9 heteroatoms. The molecule has 0 radical (unpaired) electrons. The van der Waals surface area contributed by atoms with Crippen molar-refractivity contribution >= 4 is 54.2 Å². The third kappa shape index (κ3) is 15.3. The highest BCUT2D eigenvalue weighted by molar-refractivity contribution is 7.99. The molecule has 0 saturated heterocycles. The summed E-state index contributed by atoms with van der Waals surface area (Å²) in [5.41, 5.74) is -0.890. The maximum absolute atomic E-state index is 13.2. The summed E-state index contributed by atoms with van der Waals surface area (Å²) in [6.45, 7) is 13.5. The van der Waals surface area contributed by atoms with E-state index in [0.717, 1.165) is 63.2 Å². The molecule has 0 aliphatic heterocycles. The van der Waals surface area contributed by atoms with Gasteiger partial charge in [-0.25, -0.2) is 0 Å². The van der Waals surface area contributed by atoms with Crippen LogP contribution in [-0.4, -0.2) is 72.7 Å².